The average Bonchev–Trinajstić information content (AvgIpc) is 2.63. The van der Waals surface area contributed by atoms with Crippen molar-refractivity contribution in [1.82, 2.24) is 9.97 Å². The summed E-state index contributed by atoms with van der Waals surface area (Å²) in [6.45, 7) is 6.62. The van der Waals surface area contributed by atoms with Gasteiger partial charge in [-0.15, -0.1) is 0 Å². The first-order valence-electron chi connectivity index (χ1n) is 8.46. The first kappa shape index (κ1) is 17.0. The quantitative estimate of drug-likeness (QED) is 0.720. The lowest BCUT2D eigenvalue weighted by Crippen LogP contribution is -1.98. The summed E-state index contributed by atoms with van der Waals surface area (Å²) in [5.74, 6) is 0.861. The number of pyridine rings is 2. The Kier molecular flexibility index (Phi) is 4.98. The molecule has 0 aliphatic carbocycles. The number of phenolic OH excluding ortho intramolecular Hbond substituents is 1. The van der Waals surface area contributed by atoms with Crippen molar-refractivity contribution < 1.29 is 9.84 Å². The van der Waals surface area contributed by atoms with Crippen molar-refractivity contribution >= 4 is 23.1 Å². The topological polar surface area (TPSA) is 55.2 Å². The first-order valence-corrected chi connectivity index (χ1v) is 8.46. The molecule has 128 valence electrons. The summed E-state index contributed by atoms with van der Waals surface area (Å²) >= 11 is 0. The van der Waals surface area contributed by atoms with Crippen molar-refractivity contribution in [3.8, 4) is 11.6 Å². The molecule has 0 spiro atoms. The van der Waals surface area contributed by atoms with Gasteiger partial charge in [-0.1, -0.05) is 19.1 Å². The second kappa shape index (κ2) is 7.34. The summed E-state index contributed by atoms with van der Waals surface area (Å²) in [5.41, 5.74) is 4.26. The second-order valence-electron chi connectivity index (χ2n) is 6.07. The van der Waals surface area contributed by atoms with Crippen molar-refractivity contribution in [3.63, 3.8) is 0 Å². The zero-order valence-corrected chi connectivity index (χ0v) is 14.8. The molecule has 3 rings (SSSR count). The minimum absolute atomic E-state index is 0.240. The van der Waals surface area contributed by atoms with E-state index in [-0.39, 0.29) is 5.75 Å². The lowest BCUT2D eigenvalue weighted by molar-refractivity contribution is 0.304. The van der Waals surface area contributed by atoms with Crippen LogP contribution in [0.1, 0.15) is 35.7 Å². The van der Waals surface area contributed by atoms with E-state index in [9.17, 15) is 5.11 Å². The molecule has 25 heavy (non-hydrogen) atoms. The number of aryl methyl sites for hydroxylation is 2. The highest BCUT2D eigenvalue weighted by atomic mass is 16.5. The molecule has 0 fully saturated rings. The zero-order chi connectivity index (χ0) is 17.8. The fourth-order valence-corrected chi connectivity index (χ4v) is 2.75. The van der Waals surface area contributed by atoms with E-state index in [2.05, 4.69) is 16.9 Å². The minimum atomic E-state index is 0.240. The van der Waals surface area contributed by atoms with Crippen LogP contribution in [-0.2, 0) is 0 Å². The summed E-state index contributed by atoms with van der Waals surface area (Å²) in [6, 6.07) is 9.76. The number of phenols is 1. The highest BCUT2D eigenvalue weighted by Crippen LogP contribution is 2.30. The number of nitrogens with zero attached hydrogens (tertiary/aromatic N) is 2. The standard InChI is InChI=1S/C21H22N2O2/c1-4-12-25-21-16(6-5-11-22-21)7-8-17-9-10-18-14(2)13-15(3)20(24)19(18)23-17/h5-11,13,24H,4,12H2,1-3H3. The molecule has 0 aliphatic rings. The Balaban J connectivity index is 1.96. The molecule has 0 bridgehead atoms. The van der Waals surface area contributed by atoms with Gasteiger partial charge in [0.2, 0.25) is 5.88 Å². The van der Waals surface area contributed by atoms with E-state index in [1.165, 1.54) is 0 Å². The van der Waals surface area contributed by atoms with Gasteiger partial charge in [0.05, 0.1) is 12.3 Å². The third-order valence-corrected chi connectivity index (χ3v) is 4.05. The average molecular weight is 334 g/mol. The van der Waals surface area contributed by atoms with Gasteiger partial charge in [0, 0.05) is 17.1 Å². The molecule has 0 unspecified atom stereocenters. The predicted molar refractivity (Wildman–Crippen MR) is 102 cm³/mol. The Labute approximate surface area is 147 Å². The molecule has 0 amide bonds. The van der Waals surface area contributed by atoms with Crippen LogP contribution in [0.3, 0.4) is 0 Å². The van der Waals surface area contributed by atoms with Crippen molar-refractivity contribution in [2.24, 2.45) is 0 Å². The summed E-state index contributed by atoms with van der Waals surface area (Å²) in [4.78, 5) is 8.89. The smallest absolute Gasteiger partial charge is 0.220 e. The Hall–Kier alpha value is -2.88. The molecule has 4 heteroatoms. The number of hydrogen-bond donors (Lipinski definition) is 1. The monoisotopic (exact) mass is 334 g/mol. The third kappa shape index (κ3) is 3.63. The van der Waals surface area contributed by atoms with Gasteiger partial charge in [0.1, 0.15) is 11.3 Å². The molecular weight excluding hydrogens is 312 g/mol. The van der Waals surface area contributed by atoms with Gasteiger partial charge < -0.3 is 9.84 Å². The maximum Gasteiger partial charge on any atom is 0.220 e. The highest BCUT2D eigenvalue weighted by Gasteiger charge is 2.08. The fraction of sp³-hybridized carbons (Fsp3) is 0.238. The molecular formula is C21H22N2O2. The van der Waals surface area contributed by atoms with Gasteiger partial charge in [-0.05, 0) is 61.7 Å². The second-order valence-corrected chi connectivity index (χ2v) is 6.07. The van der Waals surface area contributed by atoms with Gasteiger partial charge >= 0.3 is 0 Å². The molecule has 0 aliphatic heterocycles. The summed E-state index contributed by atoms with van der Waals surface area (Å²) in [6.07, 6.45) is 6.50. The maximum atomic E-state index is 10.3. The predicted octanol–water partition coefficient (Wildman–Crippen LogP) is 4.91. The van der Waals surface area contributed by atoms with E-state index < -0.39 is 0 Å². The van der Waals surface area contributed by atoms with E-state index in [1.54, 1.807) is 6.20 Å². The summed E-state index contributed by atoms with van der Waals surface area (Å²) in [7, 11) is 0. The summed E-state index contributed by atoms with van der Waals surface area (Å²) in [5, 5.41) is 11.3. The Morgan fingerprint density at radius 2 is 1.96 bits per heavy atom. The third-order valence-electron chi connectivity index (χ3n) is 4.05. The number of benzene rings is 1. The molecule has 1 N–H and O–H groups in total. The molecule has 1 aromatic carbocycles. The molecule has 0 saturated carbocycles. The molecule has 4 nitrogen and oxygen atoms in total. The lowest BCUT2D eigenvalue weighted by Gasteiger charge is -2.08. The Morgan fingerprint density at radius 3 is 2.76 bits per heavy atom. The number of fused-ring (bicyclic) bond motifs is 1. The van der Waals surface area contributed by atoms with Crippen LogP contribution in [0.5, 0.6) is 11.6 Å². The molecule has 3 aromatic rings. The lowest BCUT2D eigenvalue weighted by atomic mass is 10.0. The van der Waals surface area contributed by atoms with E-state index in [0.29, 0.717) is 18.0 Å². The van der Waals surface area contributed by atoms with Gasteiger partial charge in [-0.2, -0.15) is 0 Å². The van der Waals surface area contributed by atoms with Crippen LogP contribution in [0, 0.1) is 13.8 Å². The van der Waals surface area contributed by atoms with Crippen molar-refractivity contribution in [2.45, 2.75) is 27.2 Å². The number of hydrogen-bond acceptors (Lipinski definition) is 4. The Bertz CT molecular complexity index is 933. The van der Waals surface area contributed by atoms with Gasteiger partial charge in [-0.3, -0.25) is 0 Å². The van der Waals surface area contributed by atoms with Crippen molar-refractivity contribution in [1.29, 1.82) is 0 Å². The molecule has 2 aromatic heterocycles. The number of ether oxygens (including phenoxy) is 1. The van der Waals surface area contributed by atoms with Gasteiger partial charge in [-0.25, -0.2) is 9.97 Å². The van der Waals surface area contributed by atoms with Crippen molar-refractivity contribution in [3.05, 3.63) is 58.9 Å². The largest absolute Gasteiger partial charge is 0.505 e. The SMILES string of the molecule is CCCOc1ncccc1C=Cc1ccc2c(C)cc(C)c(O)c2n1. The molecule has 0 saturated heterocycles. The number of aromatic hydroxyl groups is 1. The van der Waals surface area contributed by atoms with E-state index in [1.807, 2.05) is 56.3 Å². The van der Waals surface area contributed by atoms with E-state index in [0.717, 1.165) is 34.2 Å². The van der Waals surface area contributed by atoms with Crippen LogP contribution in [0.2, 0.25) is 0 Å². The maximum absolute atomic E-state index is 10.3. The Morgan fingerprint density at radius 1 is 1.12 bits per heavy atom. The zero-order valence-electron chi connectivity index (χ0n) is 14.8. The van der Waals surface area contributed by atoms with Crippen LogP contribution in [0.15, 0.2) is 36.5 Å². The van der Waals surface area contributed by atoms with Crippen LogP contribution < -0.4 is 4.74 Å². The molecule has 0 atom stereocenters. The number of rotatable bonds is 5. The fourth-order valence-electron chi connectivity index (χ4n) is 2.75. The van der Waals surface area contributed by atoms with Crippen LogP contribution in [0.4, 0.5) is 0 Å². The van der Waals surface area contributed by atoms with Gasteiger partial charge in [0.25, 0.3) is 0 Å². The van der Waals surface area contributed by atoms with Crippen LogP contribution in [-0.4, -0.2) is 21.7 Å². The highest BCUT2D eigenvalue weighted by molar-refractivity contribution is 5.89. The van der Waals surface area contributed by atoms with Crippen LogP contribution >= 0.6 is 0 Å². The van der Waals surface area contributed by atoms with Crippen LogP contribution in [0.25, 0.3) is 23.1 Å². The molecule has 2 heterocycles. The van der Waals surface area contributed by atoms with Crippen molar-refractivity contribution in [2.75, 3.05) is 6.61 Å². The number of aromatic nitrogens is 2. The van der Waals surface area contributed by atoms with E-state index in [4.69, 9.17) is 4.74 Å². The summed E-state index contributed by atoms with van der Waals surface area (Å²) < 4.78 is 5.67. The normalized spacial score (nSPS) is 11.3. The minimum Gasteiger partial charge on any atom is -0.505 e. The molecule has 0 radical (unpaired) electrons. The first-order chi connectivity index (χ1) is 12.1. The van der Waals surface area contributed by atoms with E-state index >= 15 is 0 Å². The van der Waals surface area contributed by atoms with Gasteiger partial charge in [0.15, 0.2) is 0 Å².